The Morgan fingerprint density at radius 3 is 2.70 bits per heavy atom. The average molecular weight is 337 g/mol. The Balaban J connectivity index is 1.86. The quantitative estimate of drug-likeness (QED) is 0.781. The van der Waals surface area contributed by atoms with Gasteiger partial charge in [0.2, 0.25) is 0 Å². The van der Waals surface area contributed by atoms with E-state index in [1.165, 1.54) is 12.1 Å². The van der Waals surface area contributed by atoms with E-state index in [1.807, 2.05) is 13.0 Å². The lowest BCUT2D eigenvalue weighted by Crippen LogP contribution is -2.39. The second-order valence-electron chi connectivity index (χ2n) is 5.17. The van der Waals surface area contributed by atoms with Crippen LogP contribution in [0.4, 0.5) is 9.18 Å². The van der Waals surface area contributed by atoms with Crippen LogP contribution in [0.5, 0.6) is 0 Å². The lowest BCUT2D eigenvalue weighted by atomic mass is 10.1. The summed E-state index contributed by atoms with van der Waals surface area (Å²) in [4.78, 5) is 11.9. The summed E-state index contributed by atoms with van der Waals surface area (Å²) in [7, 11) is 0. The van der Waals surface area contributed by atoms with E-state index in [2.05, 4.69) is 10.6 Å². The molecule has 4 nitrogen and oxygen atoms in total. The van der Waals surface area contributed by atoms with E-state index < -0.39 is 18.0 Å². The molecule has 6 heteroatoms. The first-order valence-corrected chi connectivity index (χ1v) is 7.57. The fourth-order valence-corrected chi connectivity index (χ4v) is 2.35. The Morgan fingerprint density at radius 1 is 1.26 bits per heavy atom. The molecule has 2 aromatic rings. The number of carbonyl (C=O) groups is 1. The van der Waals surface area contributed by atoms with Crippen molar-refractivity contribution in [2.24, 2.45) is 0 Å². The van der Waals surface area contributed by atoms with Crippen molar-refractivity contribution in [2.45, 2.75) is 19.1 Å². The molecule has 122 valence electrons. The highest BCUT2D eigenvalue weighted by atomic mass is 35.5. The zero-order chi connectivity index (χ0) is 16.8. The molecule has 0 aliphatic heterocycles. The first-order valence-electron chi connectivity index (χ1n) is 7.19. The van der Waals surface area contributed by atoms with E-state index in [-0.39, 0.29) is 18.2 Å². The Kier molecular flexibility index (Phi) is 5.96. The SMILES string of the molecule is CC(NC(=O)NCC(O)c1ccccc1F)c1cccc(Cl)c1. The van der Waals surface area contributed by atoms with Crippen LogP contribution in [-0.2, 0) is 0 Å². The number of urea groups is 1. The van der Waals surface area contributed by atoms with E-state index in [1.54, 1.807) is 30.3 Å². The van der Waals surface area contributed by atoms with Crippen LogP contribution in [-0.4, -0.2) is 17.7 Å². The molecule has 0 bridgehead atoms. The summed E-state index contributed by atoms with van der Waals surface area (Å²) in [5.41, 5.74) is 1.01. The van der Waals surface area contributed by atoms with Crippen LogP contribution in [0.3, 0.4) is 0 Å². The first kappa shape index (κ1) is 17.2. The summed E-state index contributed by atoms with van der Waals surface area (Å²) in [6.07, 6.45) is -1.11. The average Bonchev–Trinajstić information content (AvgIpc) is 2.53. The normalized spacial score (nSPS) is 13.2. The van der Waals surface area contributed by atoms with Gasteiger partial charge < -0.3 is 15.7 Å². The van der Waals surface area contributed by atoms with Gasteiger partial charge in [0.1, 0.15) is 5.82 Å². The van der Waals surface area contributed by atoms with Gasteiger partial charge in [-0.15, -0.1) is 0 Å². The molecular weight excluding hydrogens is 319 g/mol. The van der Waals surface area contributed by atoms with Crippen molar-refractivity contribution < 1.29 is 14.3 Å². The molecule has 2 amide bonds. The van der Waals surface area contributed by atoms with E-state index in [0.29, 0.717) is 5.02 Å². The minimum atomic E-state index is -1.11. The molecule has 2 atom stereocenters. The summed E-state index contributed by atoms with van der Waals surface area (Å²) >= 11 is 5.91. The number of aliphatic hydroxyl groups excluding tert-OH is 1. The van der Waals surface area contributed by atoms with E-state index in [9.17, 15) is 14.3 Å². The fourth-order valence-electron chi connectivity index (χ4n) is 2.15. The maximum absolute atomic E-state index is 13.5. The highest BCUT2D eigenvalue weighted by Crippen LogP contribution is 2.18. The van der Waals surface area contributed by atoms with E-state index in [0.717, 1.165) is 5.56 Å². The van der Waals surface area contributed by atoms with E-state index >= 15 is 0 Å². The van der Waals surface area contributed by atoms with Crippen molar-refractivity contribution in [1.82, 2.24) is 10.6 Å². The van der Waals surface area contributed by atoms with Crippen molar-refractivity contribution in [3.63, 3.8) is 0 Å². The minimum absolute atomic E-state index is 0.0883. The van der Waals surface area contributed by atoms with Crippen molar-refractivity contribution in [3.8, 4) is 0 Å². The number of carbonyl (C=O) groups excluding carboxylic acids is 1. The molecule has 0 saturated carbocycles. The molecule has 3 N–H and O–H groups in total. The third kappa shape index (κ3) is 4.94. The Morgan fingerprint density at radius 2 is 2.00 bits per heavy atom. The van der Waals surface area contributed by atoms with Gasteiger partial charge in [0.25, 0.3) is 0 Å². The summed E-state index contributed by atoms with van der Waals surface area (Å²) in [6.45, 7) is 1.73. The minimum Gasteiger partial charge on any atom is -0.386 e. The molecule has 0 aliphatic carbocycles. The number of nitrogens with one attached hydrogen (secondary N) is 2. The maximum atomic E-state index is 13.5. The number of aliphatic hydroxyl groups is 1. The van der Waals surface area contributed by atoms with Gasteiger partial charge in [-0.05, 0) is 30.7 Å². The monoisotopic (exact) mass is 336 g/mol. The lowest BCUT2D eigenvalue weighted by molar-refractivity contribution is 0.168. The molecule has 0 aromatic heterocycles. The molecule has 0 saturated heterocycles. The molecular formula is C17H18ClFN2O2. The molecule has 2 rings (SSSR count). The lowest BCUT2D eigenvalue weighted by Gasteiger charge is -2.17. The molecule has 0 spiro atoms. The Bertz CT molecular complexity index is 681. The summed E-state index contributed by atoms with van der Waals surface area (Å²) in [5, 5.41) is 15.8. The van der Waals surface area contributed by atoms with Gasteiger partial charge in [-0.25, -0.2) is 9.18 Å². The van der Waals surface area contributed by atoms with Crippen LogP contribution in [0.2, 0.25) is 5.02 Å². The highest BCUT2D eigenvalue weighted by Gasteiger charge is 2.14. The topological polar surface area (TPSA) is 61.4 Å². The van der Waals surface area contributed by atoms with E-state index in [4.69, 9.17) is 11.6 Å². The third-order valence-electron chi connectivity index (χ3n) is 3.42. The zero-order valence-corrected chi connectivity index (χ0v) is 13.3. The predicted molar refractivity (Wildman–Crippen MR) is 87.8 cm³/mol. The largest absolute Gasteiger partial charge is 0.386 e. The van der Waals surface area contributed by atoms with Crippen LogP contribution >= 0.6 is 11.6 Å². The fraction of sp³-hybridized carbons (Fsp3) is 0.235. The number of halogens is 2. The number of rotatable bonds is 5. The molecule has 2 aromatic carbocycles. The molecule has 0 radical (unpaired) electrons. The number of hydrogen-bond donors (Lipinski definition) is 3. The van der Waals surface area contributed by atoms with Gasteiger partial charge in [-0.3, -0.25) is 0 Å². The van der Waals surface area contributed by atoms with Crippen molar-refractivity contribution in [2.75, 3.05) is 6.54 Å². The number of hydrogen-bond acceptors (Lipinski definition) is 2. The second kappa shape index (κ2) is 7.94. The zero-order valence-electron chi connectivity index (χ0n) is 12.6. The Labute approximate surface area is 139 Å². The van der Waals surface area contributed by atoms with Gasteiger partial charge in [-0.1, -0.05) is 41.9 Å². The van der Waals surface area contributed by atoms with Crippen LogP contribution in [0.25, 0.3) is 0 Å². The second-order valence-corrected chi connectivity index (χ2v) is 5.60. The number of benzene rings is 2. The van der Waals surface area contributed by atoms with Crippen molar-refractivity contribution >= 4 is 17.6 Å². The van der Waals surface area contributed by atoms with Gasteiger partial charge in [0.05, 0.1) is 12.1 Å². The summed E-state index contributed by atoms with van der Waals surface area (Å²) in [6, 6.07) is 12.4. The summed E-state index contributed by atoms with van der Waals surface area (Å²) in [5.74, 6) is -0.505. The van der Waals surface area contributed by atoms with Gasteiger partial charge >= 0.3 is 6.03 Å². The van der Waals surface area contributed by atoms with Crippen molar-refractivity contribution in [3.05, 3.63) is 70.5 Å². The van der Waals surface area contributed by atoms with Gasteiger partial charge in [0.15, 0.2) is 0 Å². The van der Waals surface area contributed by atoms with Crippen LogP contribution in [0.1, 0.15) is 30.2 Å². The molecule has 0 fully saturated rings. The predicted octanol–water partition coefficient (Wildman–Crippen LogP) is 3.57. The standard InChI is InChI=1S/C17H18ClFN2O2/c1-11(12-5-4-6-13(18)9-12)21-17(23)20-10-16(22)14-7-2-3-8-15(14)19/h2-9,11,16,22H,10H2,1H3,(H2,20,21,23). The molecule has 0 heterocycles. The highest BCUT2D eigenvalue weighted by molar-refractivity contribution is 6.30. The molecule has 2 unspecified atom stereocenters. The molecule has 0 aliphatic rings. The van der Waals surface area contributed by atoms with Crippen LogP contribution in [0.15, 0.2) is 48.5 Å². The smallest absolute Gasteiger partial charge is 0.315 e. The van der Waals surface area contributed by atoms with Crippen LogP contribution in [0, 0.1) is 5.82 Å². The summed E-state index contributed by atoms with van der Waals surface area (Å²) < 4.78 is 13.5. The third-order valence-corrected chi connectivity index (χ3v) is 3.65. The Hall–Kier alpha value is -2.11. The molecule has 23 heavy (non-hydrogen) atoms. The van der Waals surface area contributed by atoms with Crippen LogP contribution < -0.4 is 10.6 Å². The van der Waals surface area contributed by atoms with Crippen molar-refractivity contribution in [1.29, 1.82) is 0 Å². The van der Waals surface area contributed by atoms with Gasteiger partial charge in [-0.2, -0.15) is 0 Å². The maximum Gasteiger partial charge on any atom is 0.315 e. The first-order chi connectivity index (χ1) is 11.0. The number of amides is 2. The van der Waals surface area contributed by atoms with Gasteiger partial charge in [0, 0.05) is 17.1 Å².